The number of rotatable bonds is 34. The maximum Gasteiger partial charge on any atom is 0.132 e. The molecule has 38 heavy (non-hydrogen) atoms. The fraction of sp³-hybridized carbons (Fsp3) is 0.973. The second-order valence-corrected chi connectivity index (χ2v) is 12.6. The topological polar surface area (TPSA) is 17.1 Å². The Morgan fingerprint density at radius 3 is 0.605 bits per heavy atom. The molecule has 0 N–H and O–H groups in total. The van der Waals surface area contributed by atoms with E-state index in [0.717, 1.165) is 25.7 Å². The number of carbonyl (C=O) groups excluding carboxylic acids is 1. The lowest BCUT2D eigenvalue weighted by atomic mass is 10.0. The third-order valence-corrected chi connectivity index (χ3v) is 8.62. The molecule has 0 fully saturated rings. The first-order chi connectivity index (χ1) is 18.8. The van der Waals surface area contributed by atoms with Crippen LogP contribution in [0.5, 0.6) is 0 Å². The molecule has 0 aromatic carbocycles. The first-order valence-electron chi connectivity index (χ1n) is 18.3. The van der Waals surface area contributed by atoms with E-state index in [1.165, 1.54) is 193 Å². The van der Waals surface area contributed by atoms with Crippen LogP contribution < -0.4 is 0 Å². The first kappa shape index (κ1) is 37.7. The van der Waals surface area contributed by atoms with Crippen LogP contribution >= 0.6 is 0 Å². The lowest BCUT2D eigenvalue weighted by Crippen LogP contribution is -1.97. The summed E-state index contributed by atoms with van der Waals surface area (Å²) in [6, 6.07) is 0. The van der Waals surface area contributed by atoms with Crippen LogP contribution in [0.1, 0.15) is 232 Å². The van der Waals surface area contributed by atoms with Crippen LogP contribution in [0.4, 0.5) is 0 Å². The zero-order chi connectivity index (χ0) is 27.6. The average Bonchev–Trinajstić information content (AvgIpc) is 2.92. The standard InChI is InChI=1S/C37H74O/c1-3-5-7-9-11-13-15-16-17-18-19-20-21-22-23-24-25-26-28-30-32-34-36-37(38)35-33-31-29-27-14-12-10-8-6-4-2/h3-36H2,1-2H3. The number of carbonyl (C=O) groups is 1. The lowest BCUT2D eigenvalue weighted by molar-refractivity contribution is -0.119. The van der Waals surface area contributed by atoms with Gasteiger partial charge in [0.25, 0.3) is 0 Å². The number of unbranched alkanes of at least 4 members (excludes halogenated alkanes) is 30. The Bertz CT molecular complexity index is 428. The second kappa shape index (κ2) is 34.7. The molecule has 0 spiro atoms. The molecule has 0 aliphatic carbocycles. The summed E-state index contributed by atoms with van der Waals surface area (Å²) in [6.45, 7) is 4.58. The Kier molecular flexibility index (Phi) is 34.4. The molecule has 1 heteroatoms. The second-order valence-electron chi connectivity index (χ2n) is 12.6. The molecular weight excluding hydrogens is 460 g/mol. The van der Waals surface area contributed by atoms with Crippen molar-refractivity contribution in [2.75, 3.05) is 0 Å². The lowest BCUT2D eigenvalue weighted by Gasteiger charge is -2.04. The van der Waals surface area contributed by atoms with Gasteiger partial charge in [-0.3, -0.25) is 4.79 Å². The molecule has 0 saturated heterocycles. The maximum absolute atomic E-state index is 12.1. The van der Waals surface area contributed by atoms with Gasteiger partial charge in [-0.1, -0.05) is 206 Å². The third-order valence-electron chi connectivity index (χ3n) is 8.62. The highest BCUT2D eigenvalue weighted by atomic mass is 16.1. The van der Waals surface area contributed by atoms with Crippen LogP contribution in [-0.2, 0) is 4.79 Å². The highest BCUT2D eigenvalue weighted by Gasteiger charge is 2.02. The SMILES string of the molecule is CCCCCCCCCCCCCCCCCCCCCCCCC(=O)CCCCCCCCCCCC. The van der Waals surface area contributed by atoms with Gasteiger partial charge in [-0.25, -0.2) is 0 Å². The van der Waals surface area contributed by atoms with Gasteiger partial charge >= 0.3 is 0 Å². The minimum Gasteiger partial charge on any atom is -0.300 e. The minimum absolute atomic E-state index is 0.526. The number of ketones is 1. The molecule has 0 saturated carbocycles. The predicted molar refractivity (Wildman–Crippen MR) is 173 cm³/mol. The molecule has 0 aliphatic rings. The predicted octanol–water partition coefficient (Wildman–Crippen LogP) is 13.9. The summed E-state index contributed by atoms with van der Waals surface area (Å²) in [6.07, 6.45) is 46.5. The van der Waals surface area contributed by atoms with E-state index in [4.69, 9.17) is 0 Å². The molecule has 0 atom stereocenters. The third kappa shape index (κ3) is 33.7. The van der Waals surface area contributed by atoms with Gasteiger partial charge < -0.3 is 0 Å². The largest absolute Gasteiger partial charge is 0.300 e. The van der Waals surface area contributed by atoms with Crippen LogP contribution in [0.15, 0.2) is 0 Å². The normalized spacial score (nSPS) is 11.4. The van der Waals surface area contributed by atoms with Crippen molar-refractivity contribution in [2.45, 2.75) is 232 Å². The van der Waals surface area contributed by atoms with Gasteiger partial charge in [0.15, 0.2) is 0 Å². The van der Waals surface area contributed by atoms with E-state index >= 15 is 0 Å². The van der Waals surface area contributed by atoms with Crippen molar-refractivity contribution < 1.29 is 4.79 Å². The van der Waals surface area contributed by atoms with Crippen LogP contribution in [-0.4, -0.2) is 5.78 Å². The molecule has 0 aliphatic heterocycles. The molecule has 0 bridgehead atoms. The van der Waals surface area contributed by atoms with E-state index in [2.05, 4.69) is 13.8 Å². The molecular formula is C37H74O. The fourth-order valence-electron chi connectivity index (χ4n) is 5.87. The van der Waals surface area contributed by atoms with Crippen LogP contribution in [0.25, 0.3) is 0 Å². The molecule has 0 radical (unpaired) electrons. The van der Waals surface area contributed by atoms with Crippen molar-refractivity contribution in [3.8, 4) is 0 Å². The molecule has 0 amide bonds. The van der Waals surface area contributed by atoms with Gasteiger partial charge in [0.1, 0.15) is 5.78 Å². The summed E-state index contributed by atoms with van der Waals surface area (Å²) < 4.78 is 0. The maximum atomic E-state index is 12.1. The Balaban J connectivity index is 3.12. The monoisotopic (exact) mass is 535 g/mol. The smallest absolute Gasteiger partial charge is 0.132 e. The molecule has 0 aromatic heterocycles. The van der Waals surface area contributed by atoms with E-state index in [1.807, 2.05) is 0 Å². The van der Waals surface area contributed by atoms with Crippen molar-refractivity contribution in [1.82, 2.24) is 0 Å². The first-order valence-corrected chi connectivity index (χ1v) is 18.3. The summed E-state index contributed by atoms with van der Waals surface area (Å²) in [5.41, 5.74) is 0. The average molecular weight is 535 g/mol. The molecule has 0 heterocycles. The van der Waals surface area contributed by atoms with Crippen molar-refractivity contribution in [2.24, 2.45) is 0 Å². The molecule has 0 rings (SSSR count). The Morgan fingerprint density at radius 2 is 0.421 bits per heavy atom. The Hall–Kier alpha value is -0.330. The summed E-state index contributed by atoms with van der Waals surface area (Å²) in [4.78, 5) is 12.1. The van der Waals surface area contributed by atoms with Gasteiger partial charge in [0.05, 0.1) is 0 Å². The zero-order valence-corrected chi connectivity index (χ0v) is 26.9. The van der Waals surface area contributed by atoms with Crippen LogP contribution in [0.2, 0.25) is 0 Å². The molecule has 0 unspecified atom stereocenters. The summed E-state index contributed by atoms with van der Waals surface area (Å²) in [5.74, 6) is 0.526. The quantitative estimate of drug-likeness (QED) is 0.0750. The Labute approximate surface area is 242 Å². The van der Waals surface area contributed by atoms with Gasteiger partial charge in [-0.05, 0) is 12.8 Å². The highest BCUT2D eigenvalue weighted by Crippen LogP contribution is 2.16. The minimum atomic E-state index is 0.526. The van der Waals surface area contributed by atoms with Gasteiger partial charge in [-0.15, -0.1) is 0 Å². The summed E-state index contributed by atoms with van der Waals surface area (Å²) in [5, 5.41) is 0. The fourth-order valence-corrected chi connectivity index (χ4v) is 5.87. The van der Waals surface area contributed by atoms with Crippen molar-refractivity contribution in [3.63, 3.8) is 0 Å². The van der Waals surface area contributed by atoms with Crippen molar-refractivity contribution in [3.05, 3.63) is 0 Å². The Morgan fingerprint density at radius 1 is 0.263 bits per heavy atom. The number of Topliss-reactive ketones (excluding diaryl/α,β-unsaturated/α-hetero) is 1. The molecule has 228 valence electrons. The number of hydrogen-bond acceptors (Lipinski definition) is 1. The molecule has 1 nitrogen and oxygen atoms in total. The van der Waals surface area contributed by atoms with E-state index in [-0.39, 0.29) is 0 Å². The van der Waals surface area contributed by atoms with E-state index < -0.39 is 0 Å². The van der Waals surface area contributed by atoms with E-state index in [0.29, 0.717) is 5.78 Å². The van der Waals surface area contributed by atoms with E-state index in [1.54, 1.807) is 0 Å². The van der Waals surface area contributed by atoms with Crippen molar-refractivity contribution >= 4 is 5.78 Å². The van der Waals surface area contributed by atoms with Gasteiger partial charge in [-0.2, -0.15) is 0 Å². The van der Waals surface area contributed by atoms with Gasteiger partial charge in [0.2, 0.25) is 0 Å². The van der Waals surface area contributed by atoms with Gasteiger partial charge in [0, 0.05) is 12.8 Å². The zero-order valence-electron chi connectivity index (χ0n) is 26.9. The molecule has 0 aromatic rings. The van der Waals surface area contributed by atoms with Crippen LogP contribution in [0, 0.1) is 0 Å². The summed E-state index contributed by atoms with van der Waals surface area (Å²) in [7, 11) is 0. The van der Waals surface area contributed by atoms with E-state index in [9.17, 15) is 4.79 Å². The summed E-state index contributed by atoms with van der Waals surface area (Å²) >= 11 is 0. The number of hydrogen-bond donors (Lipinski definition) is 0. The highest BCUT2D eigenvalue weighted by molar-refractivity contribution is 5.78. The van der Waals surface area contributed by atoms with Crippen LogP contribution in [0.3, 0.4) is 0 Å². The van der Waals surface area contributed by atoms with Crippen molar-refractivity contribution in [1.29, 1.82) is 0 Å².